The number of phenolic OH excluding ortho intramolecular Hbond substituents is 5. The van der Waals surface area contributed by atoms with Crippen LogP contribution in [0.1, 0.15) is 134 Å². The van der Waals surface area contributed by atoms with Crippen molar-refractivity contribution in [2.75, 3.05) is 0 Å². The van der Waals surface area contributed by atoms with E-state index >= 15 is 0 Å². The first-order chi connectivity index (χ1) is 22.8. The summed E-state index contributed by atoms with van der Waals surface area (Å²) in [6, 6.07) is 11.6. The quantitative estimate of drug-likeness (QED) is 0.188. The average Bonchev–Trinajstić information content (AvgIpc) is 3.25. The van der Waals surface area contributed by atoms with E-state index in [-0.39, 0.29) is 34.5 Å². The first kappa shape index (κ1) is 36.8. The molecule has 0 bridgehead atoms. The summed E-state index contributed by atoms with van der Waals surface area (Å²) in [5.74, 6) is -1.58. The summed E-state index contributed by atoms with van der Waals surface area (Å²) in [6.07, 6.45) is 5.98. The number of ketones is 1. The Hall–Kier alpha value is -4.45. The Kier molecular flexibility index (Phi) is 8.91. The Morgan fingerprint density at radius 3 is 1.46 bits per heavy atom. The third-order valence-electron chi connectivity index (χ3n) is 10.1. The van der Waals surface area contributed by atoms with Crippen molar-refractivity contribution in [2.24, 2.45) is 10.8 Å². The molecule has 0 spiro atoms. The molecule has 0 aromatic heterocycles. The number of aromatic hydroxyl groups is 5. The van der Waals surface area contributed by atoms with Gasteiger partial charge in [-0.2, -0.15) is 0 Å². The maximum absolute atomic E-state index is 13.8. The smallest absolute Gasteiger partial charge is 0.186 e. The second-order valence-corrected chi connectivity index (χ2v) is 18.4. The molecule has 266 valence electrons. The minimum absolute atomic E-state index is 0.0186. The van der Waals surface area contributed by atoms with Crippen molar-refractivity contribution in [2.45, 2.75) is 112 Å². The zero-order chi connectivity index (χ0) is 37.5. The van der Waals surface area contributed by atoms with Crippen LogP contribution in [-0.2, 0) is 15.6 Å². The molecule has 0 heterocycles. The number of allylic oxidation sites excluding steroid dienone is 6. The van der Waals surface area contributed by atoms with E-state index in [0.717, 1.165) is 22.3 Å². The summed E-state index contributed by atoms with van der Waals surface area (Å²) in [5.41, 5.74) is 4.85. The topological polar surface area (TPSA) is 118 Å². The highest BCUT2D eigenvalue weighted by Gasteiger charge is 2.45. The van der Waals surface area contributed by atoms with Crippen LogP contribution >= 0.6 is 0 Å². The summed E-state index contributed by atoms with van der Waals surface area (Å²) < 4.78 is 0. The summed E-state index contributed by atoms with van der Waals surface area (Å²) >= 11 is 0. The summed E-state index contributed by atoms with van der Waals surface area (Å²) in [5, 5.41) is 55.8. The lowest BCUT2D eigenvalue weighted by atomic mass is 9.71. The molecule has 2 aliphatic rings. The van der Waals surface area contributed by atoms with E-state index in [9.17, 15) is 30.3 Å². The van der Waals surface area contributed by atoms with Gasteiger partial charge in [0, 0.05) is 46.6 Å². The zero-order valence-electron chi connectivity index (χ0n) is 31.6. The highest BCUT2D eigenvalue weighted by Crippen LogP contribution is 2.60. The molecule has 3 aromatic rings. The molecule has 3 aromatic carbocycles. The molecule has 0 fully saturated rings. The van der Waals surface area contributed by atoms with Crippen molar-refractivity contribution < 1.29 is 30.3 Å². The highest BCUT2D eigenvalue weighted by atomic mass is 16.3. The number of hydrogen-bond donors (Lipinski definition) is 5. The van der Waals surface area contributed by atoms with E-state index < -0.39 is 39.4 Å². The third kappa shape index (κ3) is 6.82. The second-order valence-electron chi connectivity index (χ2n) is 18.4. The molecule has 6 nitrogen and oxygen atoms in total. The lowest BCUT2D eigenvalue weighted by Gasteiger charge is -2.32. The normalized spacial score (nSPS) is 20.0. The molecule has 3 atom stereocenters. The van der Waals surface area contributed by atoms with Gasteiger partial charge in [-0.25, -0.2) is 0 Å². The Morgan fingerprint density at radius 2 is 1.02 bits per heavy atom. The van der Waals surface area contributed by atoms with E-state index in [2.05, 4.69) is 47.6 Å². The zero-order valence-corrected chi connectivity index (χ0v) is 31.6. The van der Waals surface area contributed by atoms with Crippen LogP contribution in [-0.4, -0.2) is 31.3 Å². The average molecular weight is 679 g/mol. The van der Waals surface area contributed by atoms with Gasteiger partial charge in [0.1, 0.15) is 28.7 Å². The molecule has 0 aliphatic heterocycles. The van der Waals surface area contributed by atoms with Gasteiger partial charge >= 0.3 is 0 Å². The Morgan fingerprint density at radius 1 is 0.560 bits per heavy atom. The molecule has 2 aliphatic carbocycles. The third-order valence-corrected chi connectivity index (χ3v) is 10.1. The van der Waals surface area contributed by atoms with Crippen LogP contribution in [0.3, 0.4) is 0 Å². The Bertz CT molecular complexity index is 1870. The van der Waals surface area contributed by atoms with E-state index in [0.29, 0.717) is 27.8 Å². The molecule has 50 heavy (non-hydrogen) atoms. The minimum atomic E-state index is -0.515. The molecule has 5 N–H and O–H groups in total. The fourth-order valence-corrected chi connectivity index (χ4v) is 7.67. The Balaban J connectivity index is 1.91. The van der Waals surface area contributed by atoms with Crippen LogP contribution in [0.15, 0.2) is 77.4 Å². The summed E-state index contributed by atoms with van der Waals surface area (Å²) in [6.45, 7) is 24.5. The van der Waals surface area contributed by atoms with Gasteiger partial charge in [-0.1, -0.05) is 101 Å². The maximum Gasteiger partial charge on any atom is 0.186 e. The summed E-state index contributed by atoms with van der Waals surface area (Å²) in [7, 11) is 0. The molecule has 0 radical (unpaired) electrons. The highest BCUT2D eigenvalue weighted by molar-refractivity contribution is 6.11. The largest absolute Gasteiger partial charge is 0.508 e. The maximum atomic E-state index is 13.8. The number of rotatable bonds is 3. The van der Waals surface area contributed by atoms with Crippen LogP contribution in [0, 0.1) is 10.8 Å². The van der Waals surface area contributed by atoms with Crippen LogP contribution in [0.25, 0.3) is 0 Å². The molecule has 0 amide bonds. The van der Waals surface area contributed by atoms with Crippen molar-refractivity contribution in [3.63, 3.8) is 0 Å². The first-order valence-electron chi connectivity index (χ1n) is 17.5. The van der Waals surface area contributed by atoms with Crippen LogP contribution in [0.2, 0.25) is 0 Å². The number of Topliss-reactive ketones (excluding diaryl/α,β-unsaturated/α-hetero) is 1. The minimum Gasteiger partial charge on any atom is -0.508 e. The SMILES string of the molecule is CC(C)(C)C1=CC(=CC2c3cc(O)cc(O)c3[C@@H](c3cc(C(C)(C)C)c(O)c(C(C)(C)C)c3)[C@@H]2c2cc(O)cc(O)c2)C=C(C(C)(C)C)C1=O. The molecular weight excluding hydrogens is 624 g/mol. The molecule has 0 saturated carbocycles. The van der Waals surface area contributed by atoms with Gasteiger partial charge < -0.3 is 25.5 Å². The van der Waals surface area contributed by atoms with Gasteiger partial charge in [-0.05, 0) is 85.4 Å². The van der Waals surface area contributed by atoms with Crippen LogP contribution in [0.5, 0.6) is 28.7 Å². The number of carbonyl (C=O) groups is 1. The van der Waals surface area contributed by atoms with Crippen molar-refractivity contribution >= 4 is 5.78 Å². The molecule has 6 heteroatoms. The first-order valence-corrected chi connectivity index (χ1v) is 17.5. The van der Waals surface area contributed by atoms with Crippen LogP contribution in [0.4, 0.5) is 0 Å². The van der Waals surface area contributed by atoms with E-state index in [1.807, 2.05) is 65.8 Å². The van der Waals surface area contributed by atoms with Crippen molar-refractivity contribution in [1.29, 1.82) is 0 Å². The molecule has 0 saturated heterocycles. The fourth-order valence-electron chi connectivity index (χ4n) is 7.67. The number of phenols is 5. The van der Waals surface area contributed by atoms with E-state index in [4.69, 9.17) is 0 Å². The number of carbonyl (C=O) groups excluding carboxylic acids is 1. The van der Waals surface area contributed by atoms with Gasteiger partial charge in [0.2, 0.25) is 0 Å². The fraction of sp³-hybridized carbons (Fsp3) is 0.432. The number of hydrogen-bond acceptors (Lipinski definition) is 6. The van der Waals surface area contributed by atoms with Crippen molar-refractivity contribution in [3.8, 4) is 28.7 Å². The predicted molar refractivity (Wildman–Crippen MR) is 201 cm³/mol. The van der Waals surface area contributed by atoms with Crippen LogP contribution < -0.4 is 0 Å². The number of benzene rings is 3. The van der Waals surface area contributed by atoms with Crippen molar-refractivity contribution in [3.05, 3.63) is 111 Å². The Labute approximate surface area is 297 Å². The lowest BCUT2D eigenvalue weighted by Crippen LogP contribution is -2.28. The van der Waals surface area contributed by atoms with Gasteiger partial charge in [-0.15, -0.1) is 0 Å². The lowest BCUT2D eigenvalue weighted by molar-refractivity contribution is -0.114. The van der Waals surface area contributed by atoms with Gasteiger partial charge in [-0.3, -0.25) is 4.79 Å². The number of fused-ring (bicyclic) bond motifs is 1. The van der Waals surface area contributed by atoms with E-state index in [1.165, 1.54) is 12.1 Å². The summed E-state index contributed by atoms with van der Waals surface area (Å²) in [4.78, 5) is 13.8. The monoisotopic (exact) mass is 678 g/mol. The molecule has 5 rings (SSSR count). The van der Waals surface area contributed by atoms with Crippen molar-refractivity contribution in [1.82, 2.24) is 0 Å². The predicted octanol–water partition coefficient (Wildman–Crippen LogP) is 10.3. The molecule has 1 unspecified atom stereocenters. The second kappa shape index (κ2) is 12.1. The standard InChI is InChI=1S/C44H54O6/c1-41(2,3)31-14-23(15-32(39(31)49)42(4,5)6)13-29-30-21-28(47)22-35(48)38(30)37(36(29)24-16-26(45)20-27(46)17-24)25-18-33(43(7,8)9)40(50)34(19-25)44(10,11)12/h13-22,29,36-37,45-48,50H,1-12H3/t29?,36-,37+/m1/s1. The molecular formula is C44H54O6. The van der Waals surface area contributed by atoms with E-state index in [1.54, 1.807) is 18.2 Å². The van der Waals surface area contributed by atoms with Gasteiger partial charge in [0.15, 0.2) is 5.78 Å². The van der Waals surface area contributed by atoms with Gasteiger partial charge in [0.05, 0.1) is 0 Å². The van der Waals surface area contributed by atoms with Gasteiger partial charge in [0.25, 0.3) is 0 Å².